The van der Waals surface area contributed by atoms with Crippen LogP contribution in [0.3, 0.4) is 0 Å². The number of benzene rings is 1. The molecule has 0 radical (unpaired) electrons. The van der Waals surface area contributed by atoms with Crippen molar-refractivity contribution in [3.63, 3.8) is 0 Å². The average molecular weight is 242 g/mol. The summed E-state index contributed by atoms with van der Waals surface area (Å²) in [5, 5.41) is 17.2. The molecule has 0 fully saturated rings. The average Bonchev–Trinajstić information content (AvgIpc) is 2.38. The maximum atomic E-state index is 12.0. The van der Waals surface area contributed by atoms with Crippen LogP contribution in [0.4, 0.5) is 5.69 Å². The van der Waals surface area contributed by atoms with E-state index in [4.69, 9.17) is 10.5 Å². The van der Waals surface area contributed by atoms with Gasteiger partial charge in [-0.3, -0.25) is 4.79 Å². The van der Waals surface area contributed by atoms with E-state index in [1.807, 2.05) is 43.3 Å². The molecule has 1 amide bonds. The molecule has 0 saturated heterocycles. The smallest absolute Gasteiger partial charge is 0.255 e. The van der Waals surface area contributed by atoms with Gasteiger partial charge in [0.1, 0.15) is 13.1 Å². The lowest BCUT2D eigenvalue weighted by atomic mass is 10.1. The summed E-state index contributed by atoms with van der Waals surface area (Å²) in [7, 11) is 3.82. The van der Waals surface area contributed by atoms with E-state index in [1.54, 1.807) is 12.1 Å². The number of hydrogen-bond acceptors (Lipinski definition) is 4. The normalized spacial score (nSPS) is 9.11. The van der Waals surface area contributed by atoms with Crippen molar-refractivity contribution < 1.29 is 4.79 Å². The van der Waals surface area contributed by atoms with Gasteiger partial charge in [0, 0.05) is 25.3 Å². The summed E-state index contributed by atoms with van der Waals surface area (Å²) < 4.78 is 0. The first kappa shape index (κ1) is 13.5. The van der Waals surface area contributed by atoms with Gasteiger partial charge in [0.05, 0.1) is 12.1 Å². The van der Waals surface area contributed by atoms with Gasteiger partial charge in [-0.05, 0) is 24.3 Å². The molecule has 0 atom stereocenters. The van der Waals surface area contributed by atoms with Gasteiger partial charge in [0.2, 0.25) is 0 Å². The van der Waals surface area contributed by atoms with Gasteiger partial charge in [-0.25, -0.2) is 0 Å². The van der Waals surface area contributed by atoms with Crippen LogP contribution in [0.25, 0.3) is 0 Å². The molecule has 5 nitrogen and oxygen atoms in total. The Morgan fingerprint density at radius 2 is 1.61 bits per heavy atom. The van der Waals surface area contributed by atoms with Crippen LogP contribution in [0, 0.1) is 22.7 Å². The van der Waals surface area contributed by atoms with E-state index in [-0.39, 0.29) is 19.0 Å². The molecular formula is C13H14N4O. The van der Waals surface area contributed by atoms with Gasteiger partial charge in [0.25, 0.3) is 5.91 Å². The molecule has 0 N–H and O–H groups in total. The lowest BCUT2D eigenvalue weighted by Gasteiger charge is -2.17. The fourth-order valence-corrected chi connectivity index (χ4v) is 1.45. The highest BCUT2D eigenvalue weighted by Gasteiger charge is 2.14. The quantitative estimate of drug-likeness (QED) is 0.745. The van der Waals surface area contributed by atoms with Gasteiger partial charge in [-0.2, -0.15) is 10.5 Å². The standard InChI is InChI=1S/C13H14N4O/c1-16(2)12-5-3-11(4-6-12)13(18)17(9-7-14)10-8-15/h3-6H,9-10H2,1-2H3. The fourth-order valence-electron chi connectivity index (χ4n) is 1.45. The highest BCUT2D eigenvalue weighted by Crippen LogP contribution is 2.13. The summed E-state index contributed by atoms with van der Waals surface area (Å²) in [4.78, 5) is 15.2. The molecule has 1 aromatic carbocycles. The fraction of sp³-hybridized carbons (Fsp3) is 0.308. The molecule has 0 aliphatic heterocycles. The highest BCUT2D eigenvalue weighted by atomic mass is 16.2. The van der Waals surface area contributed by atoms with Crippen LogP contribution in [0.5, 0.6) is 0 Å². The molecule has 0 aliphatic rings. The van der Waals surface area contributed by atoms with Gasteiger partial charge < -0.3 is 9.80 Å². The molecule has 0 aromatic heterocycles. The number of rotatable bonds is 4. The Balaban J connectivity index is 2.89. The maximum absolute atomic E-state index is 12.0. The second-order valence-electron chi connectivity index (χ2n) is 3.92. The molecule has 5 heteroatoms. The summed E-state index contributed by atoms with van der Waals surface area (Å²) in [6, 6.07) is 10.8. The minimum absolute atomic E-state index is 0.0815. The summed E-state index contributed by atoms with van der Waals surface area (Å²) in [5.74, 6) is -0.302. The van der Waals surface area contributed by atoms with Crippen molar-refractivity contribution in [2.24, 2.45) is 0 Å². The van der Waals surface area contributed by atoms with Crippen molar-refractivity contribution in [1.82, 2.24) is 4.90 Å². The van der Waals surface area contributed by atoms with Crippen molar-refractivity contribution in [2.45, 2.75) is 0 Å². The number of hydrogen-bond donors (Lipinski definition) is 0. The number of anilines is 1. The lowest BCUT2D eigenvalue weighted by Crippen LogP contribution is -2.31. The number of carbonyl (C=O) groups excluding carboxylic acids is 1. The molecule has 92 valence electrons. The Labute approximate surface area is 106 Å². The van der Waals surface area contributed by atoms with E-state index in [0.717, 1.165) is 5.69 Å². The first-order chi connectivity index (χ1) is 8.60. The van der Waals surface area contributed by atoms with Gasteiger partial charge >= 0.3 is 0 Å². The molecule has 1 aromatic rings. The van der Waals surface area contributed by atoms with E-state index < -0.39 is 0 Å². The van der Waals surface area contributed by atoms with Crippen LogP contribution < -0.4 is 4.90 Å². The molecule has 0 saturated carbocycles. The van der Waals surface area contributed by atoms with Crippen molar-refractivity contribution in [3.8, 4) is 12.1 Å². The van der Waals surface area contributed by atoms with Crippen LogP contribution in [-0.2, 0) is 0 Å². The van der Waals surface area contributed by atoms with E-state index >= 15 is 0 Å². The minimum atomic E-state index is -0.302. The molecule has 0 aliphatic carbocycles. The first-order valence-electron chi connectivity index (χ1n) is 5.40. The Morgan fingerprint density at radius 1 is 1.11 bits per heavy atom. The first-order valence-corrected chi connectivity index (χ1v) is 5.40. The third-order valence-electron chi connectivity index (χ3n) is 2.44. The molecular weight excluding hydrogens is 228 g/mol. The molecule has 18 heavy (non-hydrogen) atoms. The van der Waals surface area contributed by atoms with Gasteiger partial charge in [-0.15, -0.1) is 0 Å². The summed E-state index contributed by atoms with van der Waals surface area (Å²) in [5.41, 5.74) is 1.46. The zero-order chi connectivity index (χ0) is 13.5. The van der Waals surface area contributed by atoms with Crippen LogP contribution >= 0.6 is 0 Å². The molecule has 0 bridgehead atoms. The molecule has 0 heterocycles. The van der Waals surface area contributed by atoms with E-state index in [0.29, 0.717) is 5.56 Å². The van der Waals surface area contributed by atoms with Crippen molar-refractivity contribution in [3.05, 3.63) is 29.8 Å². The zero-order valence-corrected chi connectivity index (χ0v) is 10.4. The van der Waals surface area contributed by atoms with Crippen LogP contribution in [-0.4, -0.2) is 38.0 Å². The Morgan fingerprint density at radius 3 is 2.00 bits per heavy atom. The molecule has 1 rings (SSSR count). The number of carbonyl (C=O) groups is 1. The monoisotopic (exact) mass is 242 g/mol. The SMILES string of the molecule is CN(C)c1ccc(C(=O)N(CC#N)CC#N)cc1. The number of nitrogens with zero attached hydrogens (tertiary/aromatic N) is 4. The highest BCUT2D eigenvalue weighted by molar-refractivity contribution is 5.94. The Kier molecular flexibility index (Phi) is 4.71. The molecule has 0 unspecified atom stereocenters. The van der Waals surface area contributed by atoms with Crippen LogP contribution in [0.1, 0.15) is 10.4 Å². The Bertz CT molecular complexity index is 477. The second-order valence-corrected chi connectivity index (χ2v) is 3.92. The van der Waals surface area contributed by atoms with E-state index in [1.165, 1.54) is 4.90 Å². The lowest BCUT2D eigenvalue weighted by molar-refractivity contribution is 0.0795. The third kappa shape index (κ3) is 3.23. The van der Waals surface area contributed by atoms with E-state index in [9.17, 15) is 4.79 Å². The zero-order valence-electron chi connectivity index (χ0n) is 10.4. The third-order valence-corrected chi connectivity index (χ3v) is 2.44. The number of nitriles is 2. The maximum Gasteiger partial charge on any atom is 0.255 e. The topological polar surface area (TPSA) is 71.1 Å². The molecule has 0 spiro atoms. The van der Waals surface area contributed by atoms with Crippen LogP contribution in [0.15, 0.2) is 24.3 Å². The summed E-state index contributed by atoms with van der Waals surface area (Å²) in [6.07, 6.45) is 0. The van der Waals surface area contributed by atoms with Gasteiger partial charge in [0.15, 0.2) is 0 Å². The minimum Gasteiger partial charge on any atom is -0.378 e. The summed E-state index contributed by atoms with van der Waals surface area (Å²) in [6.45, 7) is -0.163. The summed E-state index contributed by atoms with van der Waals surface area (Å²) >= 11 is 0. The van der Waals surface area contributed by atoms with E-state index in [2.05, 4.69) is 0 Å². The number of amides is 1. The predicted molar refractivity (Wildman–Crippen MR) is 67.9 cm³/mol. The predicted octanol–water partition coefficient (Wildman–Crippen LogP) is 1.24. The van der Waals surface area contributed by atoms with Crippen molar-refractivity contribution in [1.29, 1.82) is 10.5 Å². The van der Waals surface area contributed by atoms with Crippen molar-refractivity contribution in [2.75, 3.05) is 32.1 Å². The van der Waals surface area contributed by atoms with Gasteiger partial charge in [-0.1, -0.05) is 0 Å². The largest absolute Gasteiger partial charge is 0.378 e. The Hall–Kier alpha value is -2.53. The second kappa shape index (κ2) is 6.27. The van der Waals surface area contributed by atoms with Crippen LogP contribution in [0.2, 0.25) is 0 Å². The van der Waals surface area contributed by atoms with Crippen molar-refractivity contribution >= 4 is 11.6 Å².